The van der Waals surface area contributed by atoms with E-state index in [1.54, 1.807) is 0 Å². The van der Waals surface area contributed by atoms with E-state index in [1.165, 1.54) is 0 Å². The van der Waals surface area contributed by atoms with E-state index in [1.807, 2.05) is 62.1 Å². The largest absolute Gasteiger partial charge is 0.349 e. The smallest absolute Gasteiger partial charge is 0.207 e. The van der Waals surface area contributed by atoms with Crippen LogP contribution >= 0.6 is 11.6 Å². The molecule has 1 N–H and O–H groups in total. The van der Waals surface area contributed by atoms with Gasteiger partial charge >= 0.3 is 0 Å². The molecule has 1 aromatic rings. The van der Waals surface area contributed by atoms with Gasteiger partial charge in [-0.05, 0) is 31.2 Å². The van der Waals surface area contributed by atoms with Crippen molar-refractivity contribution in [3.63, 3.8) is 0 Å². The monoisotopic (exact) mass is 279 g/mol. The highest BCUT2D eigenvalue weighted by Crippen LogP contribution is 2.17. The van der Waals surface area contributed by atoms with Crippen LogP contribution in [-0.4, -0.2) is 44.1 Å². The van der Waals surface area contributed by atoms with Gasteiger partial charge in [-0.1, -0.05) is 11.6 Å². The third kappa shape index (κ3) is 3.17. The predicted octanol–water partition coefficient (Wildman–Crippen LogP) is 2.00. The van der Waals surface area contributed by atoms with Crippen LogP contribution in [0.25, 0.3) is 0 Å². The first-order valence-electron chi connectivity index (χ1n) is 6.06. The van der Waals surface area contributed by atoms with Crippen molar-refractivity contribution in [2.24, 2.45) is 9.98 Å². The van der Waals surface area contributed by atoms with E-state index in [4.69, 9.17) is 11.6 Å². The van der Waals surface area contributed by atoms with Crippen LogP contribution in [0.3, 0.4) is 0 Å². The van der Waals surface area contributed by atoms with Crippen LogP contribution in [0.2, 0.25) is 5.02 Å². The maximum Gasteiger partial charge on any atom is 0.207 e. The molecule has 1 aliphatic heterocycles. The molecule has 0 radical (unpaired) electrons. The van der Waals surface area contributed by atoms with Crippen LogP contribution in [0.15, 0.2) is 34.3 Å². The molecule has 0 saturated carbocycles. The predicted molar refractivity (Wildman–Crippen MR) is 81.0 cm³/mol. The van der Waals surface area contributed by atoms with Crippen LogP contribution in [-0.2, 0) is 0 Å². The minimum atomic E-state index is -0.0941. The summed E-state index contributed by atoms with van der Waals surface area (Å²) in [5.74, 6) is 1.58. The molecule has 0 amide bonds. The van der Waals surface area contributed by atoms with Gasteiger partial charge in [-0.25, -0.2) is 9.98 Å². The third-order valence-electron chi connectivity index (χ3n) is 2.80. The number of hydrogen-bond acceptors (Lipinski definition) is 5. The van der Waals surface area contributed by atoms with Gasteiger partial charge in [0, 0.05) is 31.9 Å². The van der Waals surface area contributed by atoms with Crippen molar-refractivity contribution in [2.45, 2.75) is 13.1 Å². The maximum atomic E-state index is 5.90. The van der Waals surface area contributed by atoms with Gasteiger partial charge in [0.1, 0.15) is 6.17 Å². The fourth-order valence-electron chi connectivity index (χ4n) is 1.73. The third-order valence-corrected chi connectivity index (χ3v) is 3.05. The number of hydrogen-bond donors (Lipinski definition) is 1. The summed E-state index contributed by atoms with van der Waals surface area (Å²) in [6, 6.07) is 7.64. The van der Waals surface area contributed by atoms with Crippen LogP contribution in [0.4, 0.5) is 5.69 Å². The summed E-state index contributed by atoms with van der Waals surface area (Å²) in [6.07, 6.45) is -0.0941. The Kier molecular flexibility index (Phi) is 3.95. The molecule has 0 aromatic heterocycles. The highest BCUT2D eigenvalue weighted by atomic mass is 35.5. The van der Waals surface area contributed by atoms with Crippen LogP contribution in [0, 0.1) is 0 Å². The van der Waals surface area contributed by atoms with Gasteiger partial charge in [0.05, 0.1) is 0 Å². The van der Waals surface area contributed by atoms with Crippen molar-refractivity contribution in [2.75, 3.05) is 26.0 Å². The van der Waals surface area contributed by atoms with E-state index in [0.717, 1.165) is 22.6 Å². The second kappa shape index (κ2) is 5.48. The fraction of sp³-hybridized carbons (Fsp3) is 0.385. The first-order valence-corrected chi connectivity index (χ1v) is 6.44. The second-order valence-electron chi connectivity index (χ2n) is 4.59. The van der Waals surface area contributed by atoms with Gasteiger partial charge in [0.15, 0.2) is 0 Å². The van der Waals surface area contributed by atoms with Crippen molar-refractivity contribution in [1.82, 2.24) is 10.2 Å². The summed E-state index contributed by atoms with van der Waals surface area (Å²) in [6.45, 7) is 1.96. The van der Waals surface area contributed by atoms with Crippen molar-refractivity contribution >= 4 is 29.2 Å². The summed E-state index contributed by atoms with van der Waals surface area (Å²) in [4.78, 5) is 12.8. The van der Waals surface area contributed by atoms with Crippen LogP contribution < -0.4 is 10.2 Å². The first-order chi connectivity index (χ1) is 8.97. The number of anilines is 1. The number of guanidine groups is 2. The zero-order valence-corrected chi connectivity index (χ0v) is 12.3. The molecule has 1 atom stereocenters. The minimum Gasteiger partial charge on any atom is -0.349 e. The van der Waals surface area contributed by atoms with Crippen LogP contribution in [0.5, 0.6) is 0 Å². The summed E-state index contributed by atoms with van der Waals surface area (Å²) in [5, 5.41) is 3.94. The molecule has 2 rings (SSSR count). The molecular formula is C13H18ClN5. The molecule has 0 fully saturated rings. The Labute approximate surface area is 118 Å². The number of halogens is 1. The van der Waals surface area contributed by atoms with E-state index in [2.05, 4.69) is 15.3 Å². The lowest BCUT2D eigenvalue weighted by molar-refractivity contribution is 0.581. The molecule has 1 unspecified atom stereocenters. The molecule has 102 valence electrons. The quantitative estimate of drug-likeness (QED) is 0.855. The van der Waals surface area contributed by atoms with E-state index >= 15 is 0 Å². The lowest BCUT2D eigenvalue weighted by Crippen LogP contribution is -2.50. The minimum absolute atomic E-state index is 0.0941. The molecule has 1 heterocycles. The Bertz CT molecular complexity index is 506. The van der Waals surface area contributed by atoms with Gasteiger partial charge in [-0.15, -0.1) is 0 Å². The molecular weight excluding hydrogens is 262 g/mol. The number of benzene rings is 1. The Morgan fingerprint density at radius 2 is 1.63 bits per heavy atom. The average Bonchev–Trinajstić information content (AvgIpc) is 2.38. The Morgan fingerprint density at radius 3 is 2.21 bits per heavy atom. The molecule has 0 aliphatic carbocycles. The molecule has 1 aromatic carbocycles. The summed E-state index contributed by atoms with van der Waals surface area (Å²) < 4.78 is 0. The average molecular weight is 280 g/mol. The SMILES string of the molecule is CC1N=C(N(C)C)NC(N(C)c2ccc(Cl)cc2)=N1. The van der Waals surface area contributed by atoms with Crippen molar-refractivity contribution < 1.29 is 0 Å². The van der Waals surface area contributed by atoms with Gasteiger partial charge in [-0.3, -0.25) is 5.32 Å². The van der Waals surface area contributed by atoms with Crippen molar-refractivity contribution in [3.8, 4) is 0 Å². The van der Waals surface area contributed by atoms with E-state index in [-0.39, 0.29) is 6.17 Å². The highest BCUT2D eigenvalue weighted by Gasteiger charge is 2.18. The molecule has 5 nitrogen and oxygen atoms in total. The van der Waals surface area contributed by atoms with Crippen molar-refractivity contribution in [1.29, 1.82) is 0 Å². The molecule has 19 heavy (non-hydrogen) atoms. The molecule has 0 bridgehead atoms. The molecule has 6 heteroatoms. The number of nitrogens with one attached hydrogen (secondary N) is 1. The second-order valence-corrected chi connectivity index (χ2v) is 5.03. The van der Waals surface area contributed by atoms with E-state index in [0.29, 0.717) is 0 Å². The van der Waals surface area contributed by atoms with Gasteiger partial charge < -0.3 is 9.80 Å². The topological polar surface area (TPSA) is 43.2 Å². The van der Waals surface area contributed by atoms with E-state index < -0.39 is 0 Å². The fourth-order valence-corrected chi connectivity index (χ4v) is 1.86. The van der Waals surface area contributed by atoms with Gasteiger partial charge in [0.25, 0.3) is 0 Å². The summed E-state index contributed by atoms with van der Waals surface area (Å²) in [7, 11) is 5.86. The Morgan fingerprint density at radius 1 is 1.05 bits per heavy atom. The van der Waals surface area contributed by atoms with Crippen molar-refractivity contribution in [3.05, 3.63) is 29.3 Å². The number of rotatable bonds is 1. The molecule has 1 aliphatic rings. The van der Waals surface area contributed by atoms with E-state index in [9.17, 15) is 0 Å². The first kappa shape index (κ1) is 13.7. The highest BCUT2D eigenvalue weighted by molar-refractivity contribution is 6.30. The lowest BCUT2D eigenvalue weighted by atomic mass is 10.3. The zero-order chi connectivity index (χ0) is 14.0. The summed E-state index contributed by atoms with van der Waals surface area (Å²) >= 11 is 5.90. The lowest BCUT2D eigenvalue weighted by Gasteiger charge is -2.29. The standard InChI is InChI=1S/C13H18ClN5/c1-9-15-12(18(2)3)17-13(16-9)19(4)11-7-5-10(14)6-8-11/h5-9H,1-4H3,(H,15,16,17). The number of nitrogens with zero attached hydrogens (tertiary/aromatic N) is 4. The molecule has 0 saturated heterocycles. The Balaban J connectivity index is 2.20. The summed E-state index contributed by atoms with van der Waals surface area (Å²) in [5.41, 5.74) is 1.02. The van der Waals surface area contributed by atoms with Gasteiger partial charge in [-0.2, -0.15) is 0 Å². The Hall–Kier alpha value is -1.75. The van der Waals surface area contributed by atoms with Gasteiger partial charge in [0.2, 0.25) is 11.9 Å². The maximum absolute atomic E-state index is 5.90. The molecule has 0 spiro atoms. The zero-order valence-electron chi connectivity index (χ0n) is 11.6. The number of aliphatic imine (C=N–C) groups is 2. The normalized spacial score (nSPS) is 18.3. The van der Waals surface area contributed by atoms with Crippen LogP contribution in [0.1, 0.15) is 6.92 Å².